The van der Waals surface area contributed by atoms with E-state index in [0.717, 1.165) is 19.3 Å². The number of anilines is 1. The molecular weight excluding hydrogens is 342 g/mol. The third kappa shape index (κ3) is 3.96. The van der Waals surface area contributed by atoms with Crippen molar-refractivity contribution in [2.75, 3.05) is 57.5 Å². The first-order valence-corrected chi connectivity index (χ1v) is 10.2. The van der Waals surface area contributed by atoms with Crippen molar-refractivity contribution in [2.24, 2.45) is 5.92 Å². The maximum absolute atomic E-state index is 13.0. The van der Waals surface area contributed by atoms with E-state index in [0.29, 0.717) is 36.9 Å². The first kappa shape index (κ1) is 18.2. The average molecular weight is 367 g/mol. The normalized spacial score (nSPS) is 24.7. The van der Waals surface area contributed by atoms with Crippen LogP contribution in [0.3, 0.4) is 0 Å². The molecule has 2 atom stereocenters. The van der Waals surface area contributed by atoms with Crippen LogP contribution in [0.5, 0.6) is 0 Å². The van der Waals surface area contributed by atoms with E-state index in [1.54, 1.807) is 24.3 Å². The number of amides is 1. The number of rotatable bonds is 3. The fourth-order valence-corrected chi connectivity index (χ4v) is 4.00. The van der Waals surface area contributed by atoms with Gasteiger partial charge in [-0.15, -0.1) is 0 Å². The molecule has 1 amide bonds. The minimum absolute atomic E-state index is 0.0237. The number of fused-ring (bicyclic) bond motifs is 3. The summed E-state index contributed by atoms with van der Waals surface area (Å²) >= 11 is 0. The zero-order valence-electron chi connectivity index (χ0n) is 14.9. The summed E-state index contributed by atoms with van der Waals surface area (Å²) in [7, 11) is 0.260. The van der Waals surface area contributed by atoms with Gasteiger partial charge >= 0.3 is 0 Å². The molecule has 2 heterocycles. The van der Waals surface area contributed by atoms with Crippen LogP contribution in [0.2, 0.25) is 0 Å². The molecule has 7 nitrogen and oxygen atoms in total. The average Bonchev–Trinajstić information content (AvgIpc) is 2.83. The Balaban J connectivity index is 1.81. The lowest BCUT2D eigenvalue weighted by atomic mass is 10.1. The monoisotopic (exact) mass is 367 g/mol. The largest absolute Gasteiger partial charge is 0.379 e. The first-order valence-electron chi connectivity index (χ1n) is 8.37. The van der Waals surface area contributed by atoms with Crippen LogP contribution >= 0.6 is 0 Å². The van der Waals surface area contributed by atoms with Crippen molar-refractivity contribution < 1.29 is 17.9 Å². The van der Waals surface area contributed by atoms with Crippen LogP contribution in [-0.4, -0.2) is 83.4 Å². The van der Waals surface area contributed by atoms with Crippen molar-refractivity contribution in [3.8, 4) is 0 Å². The van der Waals surface area contributed by atoms with Gasteiger partial charge in [0.25, 0.3) is 5.91 Å². The smallest absolute Gasteiger partial charge is 0.254 e. The van der Waals surface area contributed by atoms with E-state index in [4.69, 9.17) is 4.74 Å². The molecule has 3 rings (SSSR count). The van der Waals surface area contributed by atoms with Gasteiger partial charge in [0, 0.05) is 38.2 Å². The number of carbonyl (C=O) groups is 1. The Morgan fingerprint density at radius 2 is 1.84 bits per heavy atom. The van der Waals surface area contributed by atoms with E-state index < -0.39 is 10.0 Å². The maximum Gasteiger partial charge on any atom is 0.254 e. The van der Waals surface area contributed by atoms with Gasteiger partial charge in [0.15, 0.2) is 0 Å². The van der Waals surface area contributed by atoms with Gasteiger partial charge in [-0.25, -0.2) is 8.42 Å². The second-order valence-electron chi connectivity index (χ2n) is 7.01. The highest BCUT2D eigenvalue weighted by Crippen LogP contribution is 2.22. The van der Waals surface area contributed by atoms with Crippen molar-refractivity contribution in [3.63, 3.8) is 0 Å². The number of nitrogens with zero attached hydrogens (tertiary/aromatic N) is 3. The van der Waals surface area contributed by atoms with E-state index in [-0.39, 0.29) is 11.9 Å². The molecule has 2 aliphatic rings. The second-order valence-corrected chi connectivity index (χ2v) is 9.03. The van der Waals surface area contributed by atoms with Crippen LogP contribution in [0, 0.1) is 5.92 Å². The van der Waals surface area contributed by atoms with Gasteiger partial charge in [0.1, 0.15) is 0 Å². The zero-order chi connectivity index (χ0) is 18.2. The molecule has 1 aromatic carbocycles. The summed E-state index contributed by atoms with van der Waals surface area (Å²) in [4.78, 5) is 17.2. The zero-order valence-corrected chi connectivity index (χ0v) is 15.7. The number of likely N-dealkylation sites (N-methyl/N-ethyl adjacent to an activating group) is 1. The third-order valence-electron chi connectivity index (χ3n) is 4.89. The molecule has 0 spiro atoms. The number of ether oxygens (including phenoxy) is 1. The summed E-state index contributed by atoms with van der Waals surface area (Å²) in [6.07, 6.45) is 1.15. The molecule has 0 saturated carbocycles. The molecule has 2 fully saturated rings. The summed E-state index contributed by atoms with van der Waals surface area (Å²) in [5, 5.41) is 0. The van der Waals surface area contributed by atoms with Gasteiger partial charge < -0.3 is 14.5 Å². The lowest BCUT2D eigenvalue weighted by Crippen LogP contribution is -2.45. The summed E-state index contributed by atoms with van der Waals surface area (Å²) in [6, 6.07) is 6.77. The summed E-state index contributed by atoms with van der Waals surface area (Å²) in [5.41, 5.74) is 1.11. The van der Waals surface area contributed by atoms with E-state index in [1.807, 2.05) is 4.90 Å². The molecule has 2 saturated heterocycles. The molecule has 8 heteroatoms. The van der Waals surface area contributed by atoms with Gasteiger partial charge in [-0.1, -0.05) is 0 Å². The van der Waals surface area contributed by atoms with Gasteiger partial charge in [0.2, 0.25) is 10.0 Å². The van der Waals surface area contributed by atoms with Crippen molar-refractivity contribution in [3.05, 3.63) is 29.8 Å². The molecule has 0 aromatic heterocycles. The Morgan fingerprint density at radius 3 is 2.48 bits per heavy atom. The number of carbonyl (C=O) groups excluding carboxylic acids is 1. The van der Waals surface area contributed by atoms with Crippen LogP contribution in [-0.2, 0) is 14.8 Å². The molecule has 25 heavy (non-hydrogen) atoms. The van der Waals surface area contributed by atoms with E-state index in [9.17, 15) is 13.2 Å². The van der Waals surface area contributed by atoms with Crippen molar-refractivity contribution in [1.82, 2.24) is 9.80 Å². The summed E-state index contributed by atoms with van der Waals surface area (Å²) < 4.78 is 30.2. The molecule has 0 unspecified atom stereocenters. The van der Waals surface area contributed by atoms with E-state index >= 15 is 0 Å². The molecule has 0 aliphatic carbocycles. The highest BCUT2D eigenvalue weighted by molar-refractivity contribution is 7.92. The minimum atomic E-state index is -3.32. The Morgan fingerprint density at radius 1 is 1.16 bits per heavy atom. The highest BCUT2D eigenvalue weighted by atomic mass is 32.2. The summed E-state index contributed by atoms with van der Waals surface area (Å²) in [6.45, 7) is 3.67. The molecule has 2 aliphatic heterocycles. The number of sulfonamides is 1. The quantitative estimate of drug-likeness (QED) is 0.777. The van der Waals surface area contributed by atoms with Crippen LogP contribution in [0.1, 0.15) is 10.4 Å². The molecule has 0 radical (unpaired) electrons. The Kier molecular flexibility index (Phi) is 5.04. The van der Waals surface area contributed by atoms with Gasteiger partial charge in [-0.3, -0.25) is 9.10 Å². The standard InChI is InChI=1S/C17H25N3O4S/c1-18-8-13-9-20(16(10-18)12-24-11-13)17(21)14-4-6-15(7-5-14)19(2)25(3,22)23/h4-7,13,16H,8-12H2,1-3H3/t13-,16-/m0/s1. The molecule has 138 valence electrons. The van der Waals surface area contributed by atoms with Gasteiger partial charge in [-0.05, 0) is 31.3 Å². The first-order chi connectivity index (χ1) is 11.8. The van der Waals surface area contributed by atoms with Gasteiger partial charge in [0.05, 0.1) is 31.2 Å². The SMILES string of the molecule is CN1C[C@@H]2COC[C@H](C1)N(C(=O)c1ccc(N(C)S(C)(=O)=O)cc1)C2. The Bertz CT molecular complexity index is 735. The number of hydrogen-bond donors (Lipinski definition) is 0. The fourth-order valence-electron chi connectivity index (χ4n) is 3.50. The minimum Gasteiger partial charge on any atom is -0.379 e. The molecule has 0 N–H and O–H groups in total. The van der Waals surface area contributed by atoms with Crippen LogP contribution < -0.4 is 4.31 Å². The van der Waals surface area contributed by atoms with Gasteiger partial charge in [-0.2, -0.15) is 0 Å². The highest BCUT2D eigenvalue weighted by Gasteiger charge is 2.35. The second kappa shape index (κ2) is 6.93. The predicted molar refractivity (Wildman–Crippen MR) is 96.3 cm³/mol. The lowest BCUT2D eigenvalue weighted by Gasteiger charge is -2.30. The fraction of sp³-hybridized carbons (Fsp3) is 0.588. The third-order valence-corrected chi connectivity index (χ3v) is 6.09. The Hall–Kier alpha value is -1.64. The summed E-state index contributed by atoms with van der Waals surface area (Å²) in [5.74, 6) is 0.293. The lowest BCUT2D eigenvalue weighted by molar-refractivity contribution is 0.0483. The van der Waals surface area contributed by atoms with Crippen LogP contribution in [0.4, 0.5) is 5.69 Å². The Labute approximate surface area is 149 Å². The molecule has 2 bridgehead atoms. The predicted octanol–water partition coefficient (Wildman–Crippen LogP) is 0.485. The molecular formula is C17H25N3O4S. The van der Waals surface area contributed by atoms with Crippen molar-refractivity contribution in [2.45, 2.75) is 6.04 Å². The number of benzene rings is 1. The van der Waals surface area contributed by atoms with Crippen LogP contribution in [0.25, 0.3) is 0 Å². The van der Waals surface area contributed by atoms with Crippen molar-refractivity contribution in [1.29, 1.82) is 0 Å². The number of hydrogen-bond acceptors (Lipinski definition) is 5. The van der Waals surface area contributed by atoms with E-state index in [2.05, 4.69) is 11.9 Å². The maximum atomic E-state index is 13.0. The molecule has 1 aromatic rings. The topological polar surface area (TPSA) is 70.2 Å². The van der Waals surface area contributed by atoms with E-state index in [1.165, 1.54) is 11.4 Å². The van der Waals surface area contributed by atoms with Crippen LogP contribution in [0.15, 0.2) is 24.3 Å². The van der Waals surface area contributed by atoms with Crippen molar-refractivity contribution >= 4 is 21.6 Å².